The van der Waals surface area contributed by atoms with Gasteiger partial charge in [-0.25, -0.2) is 0 Å². The molecule has 2 rings (SSSR count). The molecule has 1 aliphatic heterocycles. The Balaban J connectivity index is 1.77. The first-order valence-corrected chi connectivity index (χ1v) is 8.19. The summed E-state index contributed by atoms with van der Waals surface area (Å²) in [6.45, 7) is 6.57. The van der Waals surface area contributed by atoms with Gasteiger partial charge in [-0.15, -0.1) is 0 Å². The summed E-state index contributed by atoms with van der Waals surface area (Å²) in [5.74, 6) is 0. The molecule has 1 aromatic rings. The van der Waals surface area contributed by atoms with Crippen LogP contribution in [0, 0.1) is 0 Å². The van der Waals surface area contributed by atoms with Crippen molar-refractivity contribution in [3.05, 3.63) is 29.6 Å². The van der Waals surface area contributed by atoms with Crippen LogP contribution < -0.4 is 10.6 Å². The van der Waals surface area contributed by atoms with E-state index in [1.165, 1.54) is 49.9 Å². The fourth-order valence-electron chi connectivity index (χ4n) is 3.04. The highest BCUT2D eigenvalue weighted by molar-refractivity contribution is 5.19. The molecule has 1 aliphatic rings. The van der Waals surface area contributed by atoms with E-state index in [0.29, 0.717) is 12.1 Å². The van der Waals surface area contributed by atoms with E-state index < -0.39 is 0 Å². The Labute approximate surface area is 123 Å². The Morgan fingerprint density at radius 3 is 3.15 bits per heavy atom. The molecule has 1 aromatic heterocycles. The highest BCUT2D eigenvalue weighted by Crippen LogP contribution is 2.13. The van der Waals surface area contributed by atoms with Gasteiger partial charge in [-0.05, 0) is 50.8 Å². The molecule has 0 bridgehead atoms. The Hall–Kier alpha value is -0.930. The summed E-state index contributed by atoms with van der Waals surface area (Å²) < 4.78 is 0. The van der Waals surface area contributed by atoms with Crippen LogP contribution in [0.4, 0.5) is 0 Å². The van der Waals surface area contributed by atoms with Gasteiger partial charge in [0.1, 0.15) is 0 Å². The molecule has 0 aromatic carbocycles. The molecule has 112 valence electrons. The minimum atomic E-state index is 0.539. The SMILES string of the molecule is CCc1cccnc1CNC(C)CC1CCCCCN1. The number of nitrogens with one attached hydrogen (secondary N) is 2. The normalized spacial score (nSPS) is 21.4. The van der Waals surface area contributed by atoms with Gasteiger partial charge in [-0.1, -0.05) is 25.8 Å². The lowest BCUT2D eigenvalue weighted by atomic mass is 10.0. The average Bonchev–Trinajstić information content (AvgIpc) is 2.74. The molecule has 2 heterocycles. The summed E-state index contributed by atoms with van der Waals surface area (Å²) in [4.78, 5) is 4.51. The van der Waals surface area contributed by atoms with Gasteiger partial charge in [0, 0.05) is 24.8 Å². The van der Waals surface area contributed by atoms with Gasteiger partial charge in [0.2, 0.25) is 0 Å². The van der Waals surface area contributed by atoms with Gasteiger partial charge in [0.05, 0.1) is 5.69 Å². The highest BCUT2D eigenvalue weighted by Gasteiger charge is 2.14. The van der Waals surface area contributed by atoms with Crippen molar-refractivity contribution in [2.45, 2.75) is 71.0 Å². The molecule has 0 amide bonds. The monoisotopic (exact) mass is 275 g/mol. The maximum atomic E-state index is 4.51. The summed E-state index contributed by atoms with van der Waals surface area (Å²) in [5, 5.41) is 7.32. The number of aromatic nitrogens is 1. The van der Waals surface area contributed by atoms with Crippen LogP contribution in [0.3, 0.4) is 0 Å². The summed E-state index contributed by atoms with van der Waals surface area (Å²) in [7, 11) is 0. The Bertz CT molecular complexity index is 384. The van der Waals surface area contributed by atoms with E-state index >= 15 is 0 Å². The van der Waals surface area contributed by atoms with E-state index in [9.17, 15) is 0 Å². The molecular weight excluding hydrogens is 246 g/mol. The first kappa shape index (κ1) is 15.5. The van der Waals surface area contributed by atoms with E-state index in [-0.39, 0.29) is 0 Å². The number of pyridine rings is 1. The first-order valence-electron chi connectivity index (χ1n) is 8.19. The number of hydrogen-bond acceptors (Lipinski definition) is 3. The largest absolute Gasteiger partial charge is 0.314 e. The Morgan fingerprint density at radius 1 is 1.40 bits per heavy atom. The maximum Gasteiger partial charge on any atom is 0.0573 e. The van der Waals surface area contributed by atoms with Gasteiger partial charge in [0.25, 0.3) is 0 Å². The second kappa shape index (κ2) is 8.38. The van der Waals surface area contributed by atoms with E-state index in [4.69, 9.17) is 0 Å². The van der Waals surface area contributed by atoms with Crippen LogP contribution in [0.2, 0.25) is 0 Å². The minimum absolute atomic E-state index is 0.539. The predicted octanol–water partition coefficient (Wildman–Crippen LogP) is 3.04. The molecule has 1 fully saturated rings. The third kappa shape index (κ3) is 4.88. The standard InChI is InChI=1S/C17H29N3/c1-3-15-8-7-11-19-17(15)13-20-14(2)12-16-9-5-4-6-10-18-16/h7-8,11,14,16,18,20H,3-6,9-10,12-13H2,1-2H3. The van der Waals surface area contributed by atoms with Crippen molar-refractivity contribution in [3.8, 4) is 0 Å². The van der Waals surface area contributed by atoms with E-state index in [2.05, 4.69) is 35.5 Å². The van der Waals surface area contributed by atoms with Crippen molar-refractivity contribution in [2.75, 3.05) is 6.54 Å². The predicted molar refractivity (Wildman–Crippen MR) is 84.8 cm³/mol. The zero-order valence-electron chi connectivity index (χ0n) is 13.0. The molecule has 2 N–H and O–H groups in total. The molecule has 3 heteroatoms. The minimum Gasteiger partial charge on any atom is -0.314 e. The lowest BCUT2D eigenvalue weighted by Gasteiger charge is -2.21. The number of aryl methyl sites for hydroxylation is 1. The molecule has 20 heavy (non-hydrogen) atoms. The van der Waals surface area contributed by atoms with Crippen LogP contribution in [0.1, 0.15) is 57.2 Å². The van der Waals surface area contributed by atoms with Crippen molar-refractivity contribution in [2.24, 2.45) is 0 Å². The van der Waals surface area contributed by atoms with E-state index in [1.54, 1.807) is 0 Å². The van der Waals surface area contributed by atoms with Crippen LogP contribution in [0.5, 0.6) is 0 Å². The summed E-state index contributed by atoms with van der Waals surface area (Å²) in [6, 6.07) is 5.44. The summed E-state index contributed by atoms with van der Waals surface area (Å²) in [5.41, 5.74) is 2.57. The van der Waals surface area contributed by atoms with Gasteiger partial charge in [-0.2, -0.15) is 0 Å². The molecule has 3 nitrogen and oxygen atoms in total. The van der Waals surface area contributed by atoms with Crippen LogP contribution in [-0.2, 0) is 13.0 Å². The van der Waals surface area contributed by atoms with Crippen molar-refractivity contribution >= 4 is 0 Å². The Kier molecular flexibility index (Phi) is 6.48. The molecular formula is C17H29N3. The third-order valence-electron chi connectivity index (χ3n) is 4.28. The fourth-order valence-corrected chi connectivity index (χ4v) is 3.04. The van der Waals surface area contributed by atoms with E-state index in [1.807, 2.05) is 12.3 Å². The molecule has 2 unspecified atom stereocenters. The molecule has 0 radical (unpaired) electrons. The van der Waals surface area contributed by atoms with Gasteiger partial charge in [0.15, 0.2) is 0 Å². The zero-order chi connectivity index (χ0) is 14.2. The first-order chi connectivity index (χ1) is 9.79. The van der Waals surface area contributed by atoms with Crippen molar-refractivity contribution < 1.29 is 0 Å². The number of rotatable bonds is 6. The molecule has 0 spiro atoms. The molecule has 2 atom stereocenters. The maximum absolute atomic E-state index is 4.51. The second-order valence-corrected chi connectivity index (χ2v) is 5.98. The van der Waals surface area contributed by atoms with Crippen molar-refractivity contribution in [3.63, 3.8) is 0 Å². The van der Waals surface area contributed by atoms with Gasteiger partial charge in [-0.3, -0.25) is 4.98 Å². The summed E-state index contributed by atoms with van der Waals surface area (Å²) in [6.07, 6.45) is 9.61. The van der Waals surface area contributed by atoms with Crippen LogP contribution >= 0.6 is 0 Å². The number of hydrogen-bond donors (Lipinski definition) is 2. The van der Waals surface area contributed by atoms with Crippen LogP contribution in [0.25, 0.3) is 0 Å². The van der Waals surface area contributed by atoms with Gasteiger partial charge >= 0.3 is 0 Å². The van der Waals surface area contributed by atoms with E-state index in [0.717, 1.165) is 13.0 Å². The Morgan fingerprint density at radius 2 is 2.30 bits per heavy atom. The quantitative estimate of drug-likeness (QED) is 0.838. The number of nitrogens with zero attached hydrogens (tertiary/aromatic N) is 1. The molecule has 1 saturated heterocycles. The lowest BCUT2D eigenvalue weighted by Crippen LogP contribution is -2.36. The topological polar surface area (TPSA) is 37.0 Å². The lowest BCUT2D eigenvalue weighted by molar-refractivity contribution is 0.401. The second-order valence-electron chi connectivity index (χ2n) is 5.98. The highest BCUT2D eigenvalue weighted by atomic mass is 15.0. The fraction of sp³-hybridized carbons (Fsp3) is 0.706. The zero-order valence-corrected chi connectivity index (χ0v) is 13.0. The van der Waals surface area contributed by atoms with Crippen molar-refractivity contribution in [1.29, 1.82) is 0 Å². The van der Waals surface area contributed by atoms with Crippen LogP contribution in [0.15, 0.2) is 18.3 Å². The smallest absolute Gasteiger partial charge is 0.0573 e. The summed E-state index contributed by atoms with van der Waals surface area (Å²) >= 11 is 0. The molecule has 0 aliphatic carbocycles. The van der Waals surface area contributed by atoms with Crippen molar-refractivity contribution in [1.82, 2.24) is 15.6 Å². The molecule has 0 saturated carbocycles. The third-order valence-corrected chi connectivity index (χ3v) is 4.28. The van der Waals surface area contributed by atoms with Crippen LogP contribution in [-0.4, -0.2) is 23.6 Å². The average molecular weight is 275 g/mol. The van der Waals surface area contributed by atoms with Gasteiger partial charge < -0.3 is 10.6 Å².